The van der Waals surface area contributed by atoms with E-state index in [2.05, 4.69) is 9.46 Å². The van der Waals surface area contributed by atoms with Gasteiger partial charge in [-0.05, 0) is 61.0 Å². The highest BCUT2D eigenvalue weighted by Gasteiger charge is 2.22. The van der Waals surface area contributed by atoms with Crippen molar-refractivity contribution < 1.29 is 32.2 Å². The van der Waals surface area contributed by atoms with Gasteiger partial charge in [-0.25, -0.2) is 22.4 Å². The molecule has 0 aliphatic rings. The van der Waals surface area contributed by atoms with Crippen LogP contribution in [0.5, 0.6) is 0 Å². The Kier molecular flexibility index (Phi) is 5.61. The van der Waals surface area contributed by atoms with Crippen molar-refractivity contribution in [2.75, 3.05) is 11.8 Å². The fourth-order valence-corrected chi connectivity index (χ4v) is 4.07. The quantitative estimate of drug-likeness (QED) is 0.578. The van der Waals surface area contributed by atoms with Crippen molar-refractivity contribution in [3.05, 3.63) is 77.4 Å². The molecule has 30 heavy (non-hydrogen) atoms. The van der Waals surface area contributed by atoms with Gasteiger partial charge in [0.25, 0.3) is 10.0 Å². The highest BCUT2D eigenvalue weighted by atomic mass is 32.2. The maximum absolute atomic E-state index is 14.2. The predicted molar refractivity (Wildman–Crippen MR) is 106 cm³/mol. The number of aromatic nitrogens is 1. The first-order valence-corrected chi connectivity index (χ1v) is 10.0. The number of anilines is 1. The summed E-state index contributed by atoms with van der Waals surface area (Å²) in [5.41, 5.74) is 1.20. The molecule has 3 aromatic rings. The number of halogens is 1. The first kappa shape index (κ1) is 21.1. The molecule has 0 fully saturated rings. The molecule has 0 saturated carbocycles. The van der Waals surface area contributed by atoms with Gasteiger partial charge in [0.2, 0.25) is 0 Å². The largest absolute Gasteiger partial charge is 0.477 e. The normalized spacial score (nSPS) is 11.2. The van der Waals surface area contributed by atoms with Crippen molar-refractivity contribution in [1.29, 1.82) is 0 Å². The van der Waals surface area contributed by atoms with Crippen LogP contribution in [0.1, 0.15) is 26.4 Å². The first-order valence-electron chi connectivity index (χ1n) is 8.56. The highest BCUT2D eigenvalue weighted by molar-refractivity contribution is 7.92. The molecule has 0 bridgehead atoms. The van der Waals surface area contributed by atoms with E-state index in [0.29, 0.717) is 11.3 Å². The molecule has 0 spiro atoms. The number of esters is 1. The van der Waals surface area contributed by atoms with E-state index in [1.165, 1.54) is 22.8 Å². The second-order valence-corrected chi connectivity index (χ2v) is 7.96. The molecular formula is C20H17FN2O6S. The monoisotopic (exact) mass is 432 g/mol. The summed E-state index contributed by atoms with van der Waals surface area (Å²) in [4.78, 5) is 22.3. The van der Waals surface area contributed by atoms with E-state index in [0.717, 1.165) is 25.3 Å². The summed E-state index contributed by atoms with van der Waals surface area (Å²) in [6.07, 6.45) is 1.57. The molecule has 1 heterocycles. The van der Waals surface area contributed by atoms with E-state index < -0.39 is 32.7 Å². The van der Waals surface area contributed by atoms with E-state index in [9.17, 15) is 27.5 Å². The third-order valence-corrected chi connectivity index (χ3v) is 5.71. The Morgan fingerprint density at radius 2 is 1.87 bits per heavy atom. The SMILES string of the molecule is COC(=O)c1ccc(F)c(S(=O)(=O)Nc2ccc(-n3cccc3C(=O)O)c(C)c2)c1. The number of ether oxygens (including phenoxy) is 1. The number of hydrogen-bond donors (Lipinski definition) is 2. The number of aryl methyl sites for hydroxylation is 1. The molecule has 0 atom stereocenters. The molecule has 1 aromatic heterocycles. The van der Waals surface area contributed by atoms with Crippen LogP contribution in [0.3, 0.4) is 0 Å². The van der Waals surface area contributed by atoms with Gasteiger partial charge in [0.05, 0.1) is 12.7 Å². The molecule has 2 aromatic carbocycles. The number of methoxy groups -OCH3 is 1. The van der Waals surface area contributed by atoms with Crippen molar-refractivity contribution >= 4 is 27.6 Å². The van der Waals surface area contributed by atoms with Gasteiger partial charge in [0, 0.05) is 17.6 Å². The van der Waals surface area contributed by atoms with Crippen LogP contribution in [0.4, 0.5) is 10.1 Å². The van der Waals surface area contributed by atoms with Crippen LogP contribution in [0, 0.1) is 12.7 Å². The lowest BCUT2D eigenvalue weighted by Gasteiger charge is -2.14. The van der Waals surface area contributed by atoms with Crippen LogP contribution in [0.2, 0.25) is 0 Å². The molecule has 2 N–H and O–H groups in total. The van der Waals surface area contributed by atoms with Gasteiger partial charge in [0.1, 0.15) is 16.4 Å². The molecule has 3 rings (SSSR count). The number of aromatic carboxylic acids is 1. The van der Waals surface area contributed by atoms with Crippen molar-refractivity contribution in [3.63, 3.8) is 0 Å². The Labute approximate surface area is 171 Å². The van der Waals surface area contributed by atoms with Crippen LogP contribution < -0.4 is 4.72 Å². The third-order valence-electron chi connectivity index (χ3n) is 4.32. The van der Waals surface area contributed by atoms with Gasteiger partial charge < -0.3 is 14.4 Å². The lowest BCUT2D eigenvalue weighted by Crippen LogP contribution is -2.16. The minimum absolute atomic E-state index is 0.0492. The molecule has 0 aliphatic heterocycles. The number of carboxylic acids is 1. The van der Waals surface area contributed by atoms with Crippen LogP contribution in [0.15, 0.2) is 59.6 Å². The van der Waals surface area contributed by atoms with Gasteiger partial charge in [0.15, 0.2) is 0 Å². The molecule has 156 valence electrons. The number of carbonyl (C=O) groups excluding carboxylic acids is 1. The summed E-state index contributed by atoms with van der Waals surface area (Å²) in [7, 11) is -3.22. The van der Waals surface area contributed by atoms with Gasteiger partial charge in [-0.15, -0.1) is 0 Å². The Bertz CT molecular complexity index is 1250. The van der Waals surface area contributed by atoms with Crippen molar-refractivity contribution in [2.24, 2.45) is 0 Å². The third kappa shape index (κ3) is 4.03. The average Bonchev–Trinajstić information content (AvgIpc) is 3.17. The molecule has 0 aliphatic carbocycles. The maximum atomic E-state index is 14.2. The number of carbonyl (C=O) groups is 2. The molecule has 0 amide bonds. The average molecular weight is 432 g/mol. The Morgan fingerprint density at radius 1 is 1.13 bits per heavy atom. The fourth-order valence-electron chi connectivity index (χ4n) is 2.92. The summed E-state index contributed by atoms with van der Waals surface area (Å²) in [5, 5.41) is 9.26. The van der Waals surface area contributed by atoms with Crippen LogP contribution >= 0.6 is 0 Å². The van der Waals surface area contributed by atoms with E-state index in [1.54, 1.807) is 25.3 Å². The van der Waals surface area contributed by atoms with Gasteiger partial charge in [-0.2, -0.15) is 0 Å². The zero-order valence-corrected chi connectivity index (χ0v) is 16.7. The van der Waals surface area contributed by atoms with Gasteiger partial charge >= 0.3 is 11.9 Å². The van der Waals surface area contributed by atoms with Crippen molar-refractivity contribution in [3.8, 4) is 5.69 Å². The Balaban J connectivity index is 1.95. The number of nitrogens with one attached hydrogen (secondary N) is 1. The van der Waals surface area contributed by atoms with Gasteiger partial charge in [-0.3, -0.25) is 4.72 Å². The summed E-state index contributed by atoms with van der Waals surface area (Å²) in [6.45, 7) is 1.68. The summed E-state index contributed by atoms with van der Waals surface area (Å²) < 4.78 is 47.7. The van der Waals surface area contributed by atoms with Crippen molar-refractivity contribution in [2.45, 2.75) is 11.8 Å². The van der Waals surface area contributed by atoms with E-state index in [-0.39, 0.29) is 16.9 Å². The highest BCUT2D eigenvalue weighted by Crippen LogP contribution is 2.25. The topological polar surface area (TPSA) is 115 Å². The van der Waals surface area contributed by atoms with E-state index >= 15 is 0 Å². The Morgan fingerprint density at radius 3 is 2.50 bits per heavy atom. The minimum atomic E-state index is -4.35. The Hall–Kier alpha value is -3.66. The number of sulfonamides is 1. The second kappa shape index (κ2) is 7.99. The number of benzene rings is 2. The second-order valence-electron chi connectivity index (χ2n) is 6.31. The summed E-state index contributed by atoms with van der Waals surface area (Å²) >= 11 is 0. The zero-order valence-electron chi connectivity index (χ0n) is 15.9. The molecule has 10 heteroatoms. The number of nitrogens with zero attached hydrogens (tertiary/aromatic N) is 1. The minimum Gasteiger partial charge on any atom is -0.477 e. The summed E-state index contributed by atoms with van der Waals surface area (Å²) in [6, 6.07) is 10.4. The smallest absolute Gasteiger partial charge is 0.352 e. The summed E-state index contributed by atoms with van der Waals surface area (Å²) in [5.74, 6) is -2.93. The molecule has 0 unspecified atom stereocenters. The van der Waals surface area contributed by atoms with Crippen LogP contribution in [-0.2, 0) is 14.8 Å². The molecule has 0 radical (unpaired) electrons. The molecular weight excluding hydrogens is 415 g/mol. The van der Waals surface area contributed by atoms with E-state index in [1.807, 2.05) is 0 Å². The number of carboxylic acid groups (broad SMARTS) is 1. The lowest BCUT2D eigenvalue weighted by molar-refractivity contribution is 0.0599. The molecule has 8 nitrogen and oxygen atoms in total. The maximum Gasteiger partial charge on any atom is 0.352 e. The van der Waals surface area contributed by atoms with E-state index in [4.69, 9.17) is 0 Å². The fraction of sp³-hybridized carbons (Fsp3) is 0.100. The number of hydrogen-bond acceptors (Lipinski definition) is 5. The zero-order chi connectivity index (χ0) is 22.1. The van der Waals surface area contributed by atoms with Crippen LogP contribution in [-0.4, -0.2) is 37.1 Å². The first-order chi connectivity index (χ1) is 14.1. The number of rotatable bonds is 6. The van der Waals surface area contributed by atoms with Crippen molar-refractivity contribution in [1.82, 2.24) is 4.57 Å². The van der Waals surface area contributed by atoms with Gasteiger partial charge in [-0.1, -0.05) is 0 Å². The lowest BCUT2D eigenvalue weighted by atomic mass is 10.1. The van der Waals surface area contributed by atoms with Crippen LogP contribution in [0.25, 0.3) is 5.69 Å². The molecule has 0 saturated heterocycles. The standard InChI is InChI=1S/C20H17FN2O6S/c1-12-10-14(6-8-16(12)23-9-3-4-17(23)19(24)25)22-30(27,28)18-11-13(20(26)29-2)5-7-15(18)21/h3-11,22H,1-2H3,(H,24,25). The predicted octanol–water partition coefficient (Wildman–Crippen LogP) is 3.21.